The lowest BCUT2D eigenvalue weighted by Gasteiger charge is -2.13. The minimum Gasteiger partial charge on any atom is -0.481 e. The van der Waals surface area contributed by atoms with Gasteiger partial charge < -0.3 is 30.0 Å². The van der Waals surface area contributed by atoms with Gasteiger partial charge in [0, 0.05) is 12.3 Å². The zero-order valence-electron chi connectivity index (χ0n) is 14.8. The largest absolute Gasteiger partial charge is 0.492 e. The summed E-state index contributed by atoms with van der Waals surface area (Å²) >= 11 is 0. The molecule has 142 valence electrons. The summed E-state index contributed by atoms with van der Waals surface area (Å²) in [7, 11) is -1.20. The predicted molar refractivity (Wildman–Crippen MR) is 96.1 cm³/mol. The lowest BCUT2D eigenvalue weighted by Crippen LogP contribution is -2.28. The SMILES string of the molecule is Cc1cc(Oc2ccnc(OCCCN)n2)cc2c1C(CC(=O)O)OB2O. The molecule has 0 saturated heterocycles. The highest BCUT2D eigenvalue weighted by Gasteiger charge is 2.37. The van der Waals surface area contributed by atoms with Gasteiger partial charge in [-0.15, -0.1) is 0 Å². The Morgan fingerprint density at radius 2 is 2.26 bits per heavy atom. The van der Waals surface area contributed by atoms with E-state index >= 15 is 0 Å². The van der Waals surface area contributed by atoms with Gasteiger partial charge in [0.05, 0.1) is 19.1 Å². The van der Waals surface area contributed by atoms with E-state index in [1.807, 2.05) is 6.92 Å². The number of carboxylic acid groups (broad SMARTS) is 1. The van der Waals surface area contributed by atoms with Crippen LogP contribution in [0.4, 0.5) is 0 Å². The Morgan fingerprint density at radius 3 is 3.00 bits per heavy atom. The Balaban J connectivity index is 1.79. The van der Waals surface area contributed by atoms with Crippen molar-refractivity contribution < 1.29 is 29.1 Å². The number of fused-ring (bicyclic) bond motifs is 1. The van der Waals surface area contributed by atoms with Crippen molar-refractivity contribution in [2.45, 2.75) is 25.9 Å². The molecule has 0 spiro atoms. The first-order valence-corrected chi connectivity index (χ1v) is 8.51. The molecule has 4 N–H and O–H groups in total. The zero-order valence-corrected chi connectivity index (χ0v) is 14.8. The van der Waals surface area contributed by atoms with Gasteiger partial charge in [-0.1, -0.05) is 0 Å². The second kappa shape index (κ2) is 8.34. The van der Waals surface area contributed by atoms with Crippen LogP contribution in [-0.4, -0.2) is 46.3 Å². The van der Waals surface area contributed by atoms with E-state index in [0.29, 0.717) is 36.3 Å². The van der Waals surface area contributed by atoms with E-state index in [1.165, 1.54) is 6.20 Å². The van der Waals surface area contributed by atoms with Gasteiger partial charge in [-0.3, -0.25) is 4.79 Å². The molecule has 1 aliphatic rings. The topological polar surface area (TPSA) is 137 Å². The standard InChI is InChI=1S/C17H20BN3O6/c1-10-7-11(8-12-16(10)13(9-15(22)23)27-18(12)24)26-14-3-5-20-17(21-14)25-6-2-4-19/h3,5,7-8,13,24H,2,4,6,9,19H2,1H3,(H,22,23). The second-order valence-corrected chi connectivity index (χ2v) is 6.09. The fourth-order valence-electron chi connectivity index (χ4n) is 2.92. The molecule has 3 rings (SSSR count). The number of nitrogens with two attached hydrogens (primary N) is 1. The van der Waals surface area contributed by atoms with E-state index < -0.39 is 19.2 Å². The van der Waals surface area contributed by atoms with E-state index in [1.54, 1.807) is 18.2 Å². The van der Waals surface area contributed by atoms with Crippen LogP contribution in [0.25, 0.3) is 0 Å². The zero-order chi connectivity index (χ0) is 19.4. The fourth-order valence-corrected chi connectivity index (χ4v) is 2.92. The molecule has 0 amide bonds. The number of aromatic nitrogens is 2. The summed E-state index contributed by atoms with van der Waals surface area (Å²) in [6, 6.07) is 5.13. The Morgan fingerprint density at radius 1 is 1.44 bits per heavy atom. The minimum atomic E-state index is -1.20. The number of benzene rings is 1. The Hall–Kier alpha value is -2.69. The molecule has 0 aliphatic carbocycles. The lowest BCUT2D eigenvalue weighted by molar-refractivity contribution is -0.138. The van der Waals surface area contributed by atoms with Crippen LogP contribution in [0.1, 0.15) is 30.1 Å². The van der Waals surface area contributed by atoms with Crippen LogP contribution >= 0.6 is 0 Å². The highest BCUT2D eigenvalue weighted by Crippen LogP contribution is 2.32. The van der Waals surface area contributed by atoms with Crippen molar-refractivity contribution >= 4 is 18.6 Å². The molecule has 1 aromatic carbocycles. The molecule has 0 radical (unpaired) electrons. The van der Waals surface area contributed by atoms with Gasteiger partial charge in [-0.25, -0.2) is 4.98 Å². The number of hydrogen-bond acceptors (Lipinski definition) is 8. The molecule has 10 heteroatoms. The maximum atomic E-state index is 11.0. The fraction of sp³-hybridized carbons (Fsp3) is 0.353. The normalized spacial score (nSPS) is 15.5. The minimum absolute atomic E-state index is 0.184. The summed E-state index contributed by atoms with van der Waals surface area (Å²) in [4.78, 5) is 19.2. The summed E-state index contributed by atoms with van der Waals surface area (Å²) in [6.07, 6.45) is 1.29. The molecule has 27 heavy (non-hydrogen) atoms. The number of carboxylic acids is 1. The van der Waals surface area contributed by atoms with Crippen LogP contribution in [0.5, 0.6) is 17.6 Å². The van der Waals surface area contributed by atoms with Crippen molar-refractivity contribution in [3.63, 3.8) is 0 Å². The van der Waals surface area contributed by atoms with Crippen LogP contribution in [0, 0.1) is 6.92 Å². The number of rotatable bonds is 8. The molecule has 1 aliphatic heterocycles. The quantitative estimate of drug-likeness (QED) is 0.447. The number of nitrogens with zero attached hydrogens (tertiary/aromatic N) is 2. The average Bonchev–Trinajstić information content (AvgIpc) is 2.91. The highest BCUT2D eigenvalue weighted by atomic mass is 16.5. The first kappa shape index (κ1) is 19.1. The van der Waals surface area contributed by atoms with Crippen molar-refractivity contribution in [3.8, 4) is 17.6 Å². The number of aryl methyl sites for hydroxylation is 1. The van der Waals surface area contributed by atoms with E-state index in [9.17, 15) is 9.82 Å². The molecular formula is C17H20BN3O6. The summed E-state index contributed by atoms with van der Waals surface area (Å²) in [5, 5.41) is 19.1. The van der Waals surface area contributed by atoms with Crippen LogP contribution in [0.2, 0.25) is 0 Å². The van der Waals surface area contributed by atoms with Gasteiger partial charge in [0.15, 0.2) is 0 Å². The van der Waals surface area contributed by atoms with Gasteiger partial charge in [-0.05, 0) is 48.6 Å². The van der Waals surface area contributed by atoms with E-state index in [4.69, 9.17) is 25.0 Å². The third kappa shape index (κ3) is 4.54. The molecular weight excluding hydrogens is 353 g/mol. The number of carbonyl (C=O) groups is 1. The van der Waals surface area contributed by atoms with Crippen LogP contribution < -0.4 is 20.7 Å². The van der Waals surface area contributed by atoms with Crippen LogP contribution in [-0.2, 0) is 9.45 Å². The smallest absolute Gasteiger partial charge is 0.481 e. The first-order chi connectivity index (χ1) is 13.0. The van der Waals surface area contributed by atoms with Crippen molar-refractivity contribution in [1.82, 2.24) is 9.97 Å². The predicted octanol–water partition coefficient (Wildman–Crippen LogP) is 0.538. The molecule has 9 nitrogen and oxygen atoms in total. The van der Waals surface area contributed by atoms with Crippen LogP contribution in [0.3, 0.4) is 0 Å². The molecule has 1 aromatic heterocycles. The maximum Gasteiger partial charge on any atom is 0.492 e. The van der Waals surface area contributed by atoms with E-state index in [0.717, 1.165) is 5.56 Å². The summed E-state index contributed by atoms with van der Waals surface area (Å²) in [5.41, 5.74) is 7.35. The van der Waals surface area contributed by atoms with Crippen molar-refractivity contribution in [3.05, 3.63) is 35.5 Å². The maximum absolute atomic E-state index is 11.0. The monoisotopic (exact) mass is 373 g/mol. The molecule has 0 saturated carbocycles. The van der Waals surface area contributed by atoms with Crippen molar-refractivity contribution in [1.29, 1.82) is 0 Å². The third-order valence-electron chi connectivity index (χ3n) is 4.04. The number of aliphatic carboxylic acids is 1. The van der Waals surface area contributed by atoms with Gasteiger partial charge in [0.2, 0.25) is 5.88 Å². The van der Waals surface area contributed by atoms with Gasteiger partial charge in [-0.2, -0.15) is 4.98 Å². The van der Waals surface area contributed by atoms with Gasteiger partial charge in [0.1, 0.15) is 5.75 Å². The Labute approximate surface area is 156 Å². The molecule has 1 unspecified atom stereocenters. The van der Waals surface area contributed by atoms with Gasteiger partial charge >= 0.3 is 19.1 Å². The van der Waals surface area contributed by atoms with Crippen molar-refractivity contribution in [2.75, 3.05) is 13.2 Å². The average molecular weight is 373 g/mol. The number of hydrogen-bond donors (Lipinski definition) is 3. The summed E-state index contributed by atoms with van der Waals surface area (Å²) in [6.45, 7) is 2.73. The van der Waals surface area contributed by atoms with Gasteiger partial charge in [0.25, 0.3) is 0 Å². The lowest BCUT2D eigenvalue weighted by atomic mass is 9.77. The molecule has 1 atom stereocenters. The highest BCUT2D eigenvalue weighted by molar-refractivity contribution is 6.62. The van der Waals surface area contributed by atoms with Crippen molar-refractivity contribution in [2.24, 2.45) is 5.73 Å². The third-order valence-corrected chi connectivity index (χ3v) is 4.04. The van der Waals surface area contributed by atoms with Crippen LogP contribution in [0.15, 0.2) is 24.4 Å². The summed E-state index contributed by atoms with van der Waals surface area (Å²) < 4.78 is 16.5. The molecule has 0 bridgehead atoms. The van der Waals surface area contributed by atoms with E-state index in [2.05, 4.69) is 9.97 Å². The first-order valence-electron chi connectivity index (χ1n) is 8.51. The summed E-state index contributed by atoms with van der Waals surface area (Å²) in [5.74, 6) is -0.276. The Bertz CT molecular complexity index is 834. The second-order valence-electron chi connectivity index (χ2n) is 6.09. The van der Waals surface area contributed by atoms with E-state index in [-0.39, 0.29) is 18.3 Å². The Kier molecular flexibility index (Phi) is 5.89. The molecule has 2 heterocycles. The number of ether oxygens (including phenoxy) is 2. The molecule has 0 fully saturated rings. The molecule has 2 aromatic rings.